The monoisotopic (exact) mass is 438 g/mol. The molecule has 0 saturated carbocycles. The van der Waals surface area contributed by atoms with Crippen LogP contribution in [0.15, 0.2) is 0 Å². The van der Waals surface area contributed by atoms with Crippen LogP contribution in [-0.4, -0.2) is 61.3 Å². The summed E-state index contributed by atoms with van der Waals surface area (Å²) in [5, 5.41) is 0. The predicted molar refractivity (Wildman–Crippen MR) is 121 cm³/mol. The van der Waals surface area contributed by atoms with E-state index in [1.54, 1.807) is 0 Å². The van der Waals surface area contributed by atoms with Crippen molar-refractivity contribution in [2.24, 2.45) is 0 Å². The molecule has 2 atom stereocenters. The molecule has 1 fully saturated rings. The Balaban J connectivity index is 3.36. The standard InChI is InChI=1S/C16H42O4Si5/c1-22(2,3)18-15(19-23(4,5)6)16(21,20-24(7,8)9)25(10)14-12-11-13-17-25/h15H,11-14H2,1-10,21H3. The maximum absolute atomic E-state index is 6.95. The summed E-state index contributed by atoms with van der Waals surface area (Å²) in [4.78, 5) is -0.335. The molecule has 0 bridgehead atoms. The molecule has 1 rings (SSSR count). The summed E-state index contributed by atoms with van der Waals surface area (Å²) in [7, 11) is -6.55. The van der Waals surface area contributed by atoms with Gasteiger partial charge in [-0.3, -0.25) is 0 Å². The number of hydrogen-bond acceptors (Lipinski definition) is 4. The van der Waals surface area contributed by atoms with Crippen LogP contribution in [0.25, 0.3) is 0 Å². The Hall–Kier alpha value is 0.924. The molecule has 0 aliphatic carbocycles. The van der Waals surface area contributed by atoms with Crippen LogP contribution in [0.5, 0.6) is 0 Å². The zero-order valence-corrected chi connectivity index (χ0v) is 24.5. The van der Waals surface area contributed by atoms with Crippen molar-refractivity contribution >= 4 is 43.5 Å². The van der Waals surface area contributed by atoms with Gasteiger partial charge in [-0.2, -0.15) is 0 Å². The van der Waals surface area contributed by atoms with E-state index < -0.39 is 33.3 Å². The molecule has 0 amide bonds. The van der Waals surface area contributed by atoms with Crippen molar-refractivity contribution in [1.82, 2.24) is 0 Å². The third-order valence-corrected chi connectivity index (χ3v) is 16.3. The molecule has 1 aliphatic rings. The smallest absolute Gasteiger partial charge is 0.220 e. The van der Waals surface area contributed by atoms with Crippen LogP contribution in [0.2, 0.25) is 71.5 Å². The first kappa shape index (κ1) is 24.0. The lowest BCUT2D eigenvalue weighted by molar-refractivity contribution is -0.0884. The molecule has 150 valence electrons. The summed E-state index contributed by atoms with van der Waals surface area (Å²) in [6, 6.07) is 1.15. The van der Waals surface area contributed by atoms with Gasteiger partial charge in [-0.25, -0.2) is 0 Å². The molecule has 0 spiro atoms. The Bertz CT molecular complexity index is 419. The van der Waals surface area contributed by atoms with Gasteiger partial charge in [0, 0.05) is 16.8 Å². The Labute approximate surface area is 163 Å². The quantitative estimate of drug-likeness (QED) is 0.426. The maximum Gasteiger partial charge on any atom is 0.220 e. The van der Waals surface area contributed by atoms with Crippen LogP contribution >= 0.6 is 0 Å². The van der Waals surface area contributed by atoms with E-state index in [0.717, 1.165) is 22.9 Å². The predicted octanol–water partition coefficient (Wildman–Crippen LogP) is 3.85. The fourth-order valence-electron chi connectivity index (χ4n) is 3.26. The molecular weight excluding hydrogens is 397 g/mol. The number of hydrogen-bond donors (Lipinski definition) is 0. The van der Waals surface area contributed by atoms with Crippen LogP contribution in [0.4, 0.5) is 0 Å². The van der Waals surface area contributed by atoms with Gasteiger partial charge < -0.3 is 17.7 Å². The normalized spacial score (nSPS) is 26.0. The second-order valence-electron chi connectivity index (χ2n) is 10.7. The highest BCUT2D eigenvalue weighted by Gasteiger charge is 2.58. The lowest BCUT2D eigenvalue weighted by Crippen LogP contribution is -2.72. The van der Waals surface area contributed by atoms with Gasteiger partial charge in [0.1, 0.15) is 4.85 Å². The van der Waals surface area contributed by atoms with Gasteiger partial charge in [0.2, 0.25) is 8.32 Å². The highest BCUT2D eigenvalue weighted by Crippen LogP contribution is 2.39. The molecule has 0 aromatic carbocycles. The van der Waals surface area contributed by atoms with Crippen molar-refractivity contribution in [2.45, 2.75) is 95.5 Å². The Kier molecular flexibility index (Phi) is 7.78. The third-order valence-electron chi connectivity index (χ3n) is 4.41. The fraction of sp³-hybridized carbons (Fsp3) is 1.00. The minimum Gasteiger partial charge on any atom is -0.414 e. The molecular formula is C16H42O4Si5. The lowest BCUT2D eigenvalue weighted by atomic mass is 10.4. The van der Waals surface area contributed by atoms with E-state index in [1.807, 2.05) is 0 Å². The summed E-state index contributed by atoms with van der Waals surface area (Å²) in [6.45, 7) is 23.5. The van der Waals surface area contributed by atoms with Crippen molar-refractivity contribution in [3.63, 3.8) is 0 Å². The molecule has 0 N–H and O–H groups in total. The SMILES string of the molecule is C[Si](C)(C)OC(O[Si](C)(C)C)C([SiH3])(O[Si](C)(C)C)[Si]1(C)CCCCO1. The molecule has 9 heteroatoms. The van der Waals surface area contributed by atoms with Gasteiger partial charge in [0.15, 0.2) is 31.2 Å². The van der Waals surface area contributed by atoms with Crippen LogP contribution in [0.1, 0.15) is 12.8 Å². The van der Waals surface area contributed by atoms with Crippen LogP contribution < -0.4 is 0 Å². The van der Waals surface area contributed by atoms with Gasteiger partial charge in [0.05, 0.1) is 0 Å². The van der Waals surface area contributed by atoms with Gasteiger partial charge in [-0.1, -0.05) is 6.42 Å². The van der Waals surface area contributed by atoms with E-state index in [2.05, 4.69) is 65.5 Å². The Morgan fingerprint density at radius 2 is 1.36 bits per heavy atom. The molecule has 25 heavy (non-hydrogen) atoms. The summed E-state index contributed by atoms with van der Waals surface area (Å²) < 4.78 is 26.8. The molecule has 4 nitrogen and oxygen atoms in total. The van der Waals surface area contributed by atoms with Crippen molar-refractivity contribution < 1.29 is 17.7 Å². The third kappa shape index (κ3) is 7.45. The molecule has 0 aromatic heterocycles. The largest absolute Gasteiger partial charge is 0.414 e. The molecule has 1 aliphatic heterocycles. The lowest BCUT2D eigenvalue weighted by Gasteiger charge is -2.54. The van der Waals surface area contributed by atoms with Crippen LogP contribution in [0.3, 0.4) is 0 Å². The van der Waals surface area contributed by atoms with Gasteiger partial charge in [-0.05, 0) is 77.9 Å². The van der Waals surface area contributed by atoms with Crippen LogP contribution in [0, 0.1) is 0 Å². The van der Waals surface area contributed by atoms with Crippen molar-refractivity contribution in [3.8, 4) is 0 Å². The van der Waals surface area contributed by atoms with Crippen molar-refractivity contribution in [2.75, 3.05) is 6.61 Å². The maximum atomic E-state index is 6.95. The average Bonchev–Trinajstić information content (AvgIpc) is 2.33. The van der Waals surface area contributed by atoms with Crippen molar-refractivity contribution in [3.05, 3.63) is 0 Å². The molecule has 1 heterocycles. The minimum absolute atomic E-state index is 0.265. The molecule has 0 radical (unpaired) electrons. The van der Waals surface area contributed by atoms with E-state index >= 15 is 0 Å². The van der Waals surface area contributed by atoms with E-state index in [4.69, 9.17) is 17.7 Å². The van der Waals surface area contributed by atoms with Crippen molar-refractivity contribution in [1.29, 1.82) is 0 Å². The summed E-state index contributed by atoms with van der Waals surface area (Å²) in [5.74, 6) is 0. The highest BCUT2D eigenvalue weighted by atomic mass is 28.4. The Morgan fingerprint density at radius 1 is 0.880 bits per heavy atom. The van der Waals surface area contributed by atoms with E-state index in [1.165, 1.54) is 12.8 Å². The fourth-order valence-corrected chi connectivity index (χ4v) is 15.4. The second kappa shape index (κ2) is 8.12. The second-order valence-corrected chi connectivity index (χ2v) is 30.7. The zero-order chi connectivity index (χ0) is 19.7. The Morgan fingerprint density at radius 3 is 1.68 bits per heavy atom. The average molecular weight is 439 g/mol. The number of rotatable bonds is 8. The van der Waals surface area contributed by atoms with E-state index in [0.29, 0.717) is 0 Å². The zero-order valence-electron chi connectivity index (χ0n) is 18.5. The first-order chi connectivity index (χ1) is 11.0. The topological polar surface area (TPSA) is 36.9 Å². The van der Waals surface area contributed by atoms with Crippen LogP contribution in [-0.2, 0) is 17.7 Å². The van der Waals surface area contributed by atoms with Gasteiger partial charge in [0.25, 0.3) is 0 Å². The molecule has 1 saturated heterocycles. The summed E-state index contributed by atoms with van der Waals surface area (Å²) >= 11 is 0. The molecule has 0 aromatic rings. The summed E-state index contributed by atoms with van der Waals surface area (Å²) in [6.07, 6.45) is 2.15. The van der Waals surface area contributed by atoms with E-state index in [9.17, 15) is 0 Å². The van der Waals surface area contributed by atoms with Gasteiger partial charge in [-0.15, -0.1) is 0 Å². The van der Waals surface area contributed by atoms with E-state index in [-0.39, 0.29) is 11.1 Å². The first-order valence-electron chi connectivity index (χ1n) is 9.67. The highest BCUT2D eigenvalue weighted by molar-refractivity contribution is 6.84. The molecule has 2 unspecified atom stereocenters. The van der Waals surface area contributed by atoms with Gasteiger partial charge >= 0.3 is 0 Å². The summed E-state index contributed by atoms with van der Waals surface area (Å²) in [5.41, 5.74) is 0. The minimum atomic E-state index is -2.09. The first-order valence-corrected chi connectivity index (χ1v) is 23.5.